The van der Waals surface area contributed by atoms with E-state index in [2.05, 4.69) is 20.3 Å². The first-order valence-electron chi connectivity index (χ1n) is 13.0. The molecule has 8 heteroatoms. The highest BCUT2D eigenvalue weighted by Gasteiger charge is 2.26. The lowest BCUT2D eigenvalue weighted by Gasteiger charge is -2.36. The maximum atomic E-state index is 13.7. The van der Waals surface area contributed by atoms with E-state index in [9.17, 15) is 9.18 Å². The number of nitrogens with zero attached hydrogens (tertiary/aromatic N) is 3. The van der Waals surface area contributed by atoms with Crippen molar-refractivity contribution in [3.05, 3.63) is 24.0 Å². The lowest BCUT2D eigenvalue weighted by Crippen LogP contribution is -2.47. The molecule has 1 amide bonds. The van der Waals surface area contributed by atoms with E-state index >= 15 is 0 Å². The van der Waals surface area contributed by atoms with Crippen molar-refractivity contribution in [3.8, 4) is 0 Å². The van der Waals surface area contributed by atoms with Crippen LogP contribution in [-0.4, -0.2) is 67.9 Å². The molecule has 1 aliphatic carbocycles. The van der Waals surface area contributed by atoms with E-state index in [1.165, 1.54) is 31.4 Å². The number of fused-ring (bicyclic) bond motifs is 1. The summed E-state index contributed by atoms with van der Waals surface area (Å²) in [7, 11) is 0. The second-order valence-corrected chi connectivity index (χ2v) is 10.3. The Morgan fingerprint density at radius 1 is 1.09 bits per heavy atom. The summed E-state index contributed by atoms with van der Waals surface area (Å²) in [6.07, 6.45) is 8.63. The topological polar surface area (TPSA) is 70.8 Å². The van der Waals surface area contributed by atoms with Crippen molar-refractivity contribution in [2.24, 2.45) is 11.8 Å². The average molecular weight is 473 g/mol. The van der Waals surface area contributed by atoms with Gasteiger partial charge < -0.3 is 19.5 Å². The van der Waals surface area contributed by atoms with Gasteiger partial charge in [0.15, 0.2) is 11.4 Å². The molecule has 3 aliphatic rings. The van der Waals surface area contributed by atoms with E-state index in [1.54, 1.807) is 6.07 Å². The molecular weight excluding hydrogens is 435 g/mol. The molecule has 2 aromatic rings. The lowest BCUT2D eigenvalue weighted by atomic mass is 9.84. The fraction of sp³-hybridized carbons (Fsp3) is 0.692. The van der Waals surface area contributed by atoms with Crippen molar-refractivity contribution in [1.82, 2.24) is 15.4 Å². The molecule has 0 bridgehead atoms. The monoisotopic (exact) mass is 472 g/mol. The van der Waals surface area contributed by atoms with Crippen molar-refractivity contribution in [2.75, 3.05) is 50.8 Å². The van der Waals surface area contributed by atoms with Gasteiger partial charge >= 0.3 is 0 Å². The number of ether oxygens (including phenoxy) is 1. The van der Waals surface area contributed by atoms with E-state index in [4.69, 9.17) is 9.26 Å². The van der Waals surface area contributed by atoms with Crippen molar-refractivity contribution in [1.29, 1.82) is 0 Å². The third-order valence-electron chi connectivity index (χ3n) is 7.88. The van der Waals surface area contributed by atoms with Gasteiger partial charge in [-0.15, -0.1) is 0 Å². The van der Waals surface area contributed by atoms with Crippen LogP contribution in [0.5, 0.6) is 0 Å². The minimum Gasteiger partial charge on any atom is -0.381 e. The number of anilines is 1. The summed E-state index contributed by atoms with van der Waals surface area (Å²) in [5, 5.41) is 8.23. The molecule has 2 saturated heterocycles. The van der Waals surface area contributed by atoms with E-state index in [0.29, 0.717) is 24.0 Å². The molecule has 3 fully saturated rings. The number of piperazine rings is 1. The third-order valence-corrected chi connectivity index (χ3v) is 7.88. The van der Waals surface area contributed by atoms with Crippen LogP contribution in [0.25, 0.3) is 11.0 Å². The molecule has 34 heavy (non-hydrogen) atoms. The van der Waals surface area contributed by atoms with E-state index in [1.807, 2.05) is 0 Å². The molecule has 186 valence electrons. The Hall–Kier alpha value is -2.19. The Bertz CT molecular complexity index is 945. The quantitative estimate of drug-likeness (QED) is 0.658. The zero-order valence-corrected chi connectivity index (χ0v) is 20.0. The van der Waals surface area contributed by atoms with Crippen LogP contribution in [0.1, 0.15) is 51.4 Å². The number of hydrogen-bond donors (Lipinski definition) is 1. The second kappa shape index (κ2) is 11.0. The highest BCUT2D eigenvalue weighted by atomic mass is 19.1. The standard InChI is InChI=1S/C26H37FN4O3/c27-21-5-8-24-23(17-21)26(29-34-24)31-13-11-30(12-14-31)10-9-19-3-6-22(7-4-19)28-25(32)16-20-2-1-15-33-18-20/h5,8,17,19-20,22H,1-4,6-7,9-16,18H2,(H,28,32). The Kier molecular flexibility index (Phi) is 7.64. The molecule has 0 radical (unpaired) electrons. The zero-order valence-electron chi connectivity index (χ0n) is 20.0. The number of hydrogen-bond acceptors (Lipinski definition) is 6. The SMILES string of the molecule is O=C(CC1CCCOC1)NC1CCC(CCN2CCN(c3noc4ccc(F)cc34)CC2)CC1. The fourth-order valence-corrected chi connectivity index (χ4v) is 5.79. The van der Waals surface area contributed by atoms with Crippen LogP contribution in [0.2, 0.25) is 0 Å². The average Bonchev–Trinajstić information content (AvgIpc) is 3.27. The maximum absolute atomic E-state index is 13.7. The summed E-state index contributed by atoms with van der Waals surface area (Å²) in [5.41, 5.74) is 0.633. The molecule has 1 unspecified atom stereocenters. The number of aromatic nitrogens is 1. The molecule has 2 aliphatic heterocycles. The molecule has 1 aromatic carbocycles. The van der Waals surface area contributed by atoms with Crippen LogP contribution in [0.15, 0.2) is 22.7 Å². The summed E-state index contributed by atoms with van der Waals surface area (Å²) >= 11 is 0. The minimum absolute atomic E-state index is 0.208. The van der Waals surface area contributed by atoms with Crippen LogP contribution < -0.4 is 10.2 Å². The predicted octanol–water partition coefficient (Wildman–Crippen LogP) is 3.97. The molecule has 0 spiro atoms. The van der Waals surface area contributed by atoms with Crippen molar-refractivity contribution in [3.63, 3.8) is 0 Å². The number of halogens is 1. The molecule has 1 aromatic heterocycles. The molecule has 1 N–H and O–H groups in total. The first-order chi connectivity index (χ1) is 16.6. The minimum atomic E-state index is -0.260. The summed E-state index contributed by atoms with van der Waals surface area (Å²) in [6.45, 7) is 6.43. The molecule has 7 nitrogen and oxygen atoms in total. The summed E-state index contributed by atoms with van der Waals surface area (Å²) in [5.74, 6) is 1.85. The molecule has 3 heterocycles. The van der Waals surface area contributed by atoms with Crippen LogP contribution >= 0.6 is 0 Å². The number of carbonyl (C=O) groups is 1. The van der Waals surface area contributed by atoms with Gasteiger partial charge in [0, 0.05) is 51.9 Å². The van der Waals surface area contributed by atoms with Gasteiger partial charge in [-0.2, -0.15) is 0 Å². The van der Waals surface area contributed by atoms with Gasteiger partial charge in [0.2, 0.25) is 5.91 Å². The number of rotatable bonds is 7. The smallest absolute Gasteiger partial charge is 0.220 e. The fourth-order valence-electron chi connectivity index (χ4n) is 5.79. The zero-order chi connectivity index (χ0) is 23.3. The van der Waals surface area contributed by atoms with Gasteiger partial charge in [-0.05, 0) is 81.5 Å². The van der Waals surface area contributed by atoms with E-state index < -0.39 is 0 Å². The molecule has 1 saturated carbocycles. The van der Waals surface area contributed by atoms with Crippen molar-refractivity contribution in [2.45, 2.75) is 57.4 Å². The first-order valence-corrected chi connectivity index (χ1v) is 13.0. The first kappa shape index (κ1) is 23.5. The Balaban J connectivity index is 0.996. The number of nitrogens with one attached hydrogen (secondary N) is 1. The molecule has 1 atom stereocenters. The van der Waals surface area contributed by atoms with Gasteiger partial charge in [0.25, 0.3) is 0 Å². The summed E-state index contributed by atoms with van der Waals surface area (Å²) < 4.78 is 24.5. The lowest BCUT2D eigenvalue weighted by molar-refractivity contribution is -0.124. The van der Waals surface area contributed by atoms with Crippen molar-refractivity contribution >= 4 is 22.7 Å². The van der Waals surface area contributed by atoms with Gasteiger partial charge in [-0.3, -0.25) is 9.69 Å². The number of carbonyl (C=O) groups excluding carboxylic acids is 1. The van der Waals surface area contributed by atoms with Gasteiger partial charge in [0.05, 0.1) is 5.39 Å². The van der Waals surface area contributed by atoms with E-state index in [0.717, 1.165) is 88.7 Å². The van der Waals surface area contributed by atoms with Crippen LogP contribution in [-0.2, 0) is 9.53 Å². The summed E-state index contributed by atoms with van der Waals surface area (Å²) in [6, 6.07) is 4.91. The van der Waals surface area contributed by atoms with Crippen LogP contribution in [0.3, 0.4) is 0 Å². The summed E-state index contributed by atoms with van der Waals surface area (Å²) in [4.78, 5) is 17.1. The highest BCUT2D eigenvalue weighted by Crippen LogP contribution is 2.29. The van der Waals surface area contributed by atoms with E-state index in [-0.39, 0.29) is 11.7 Å². The number of benzene rings is 1. The van der Waals surface area contributed by atoms with Gasteiger partial charge in [-0.1, -0.05) is 5.16 Å². The number of amides is 1. The normalized spacial score (nSPS) is 26.6. The highest BCUT2D eigenvalue weighted by molar-refractivity contribution is 5.88. The Morgan fingerprint density at radius 2 is 1.91 bits per heavy atom. The van der Waals surface area contributed by atoms with Gasteiger partial charge in [0.1, 0.15) is 5.82 Å². The molecular formula is C26H37FN4O3. The Labute approximate surface area is 201 Å². The maximum Gasteiger partial charge on any atom is 0.220 e. The van der Waals surface area contributed by atoms with Crippen LogP contribution in [0.4, 0.5) is 10.2 Å². The predicted molar refractivity (Wildman–Crippen MR) is 129 cm³/mol. The van der Waals surface area contributed by atoms with Gasteiger partial charge in [-0.25, -0.2) is 4.39 Å². The largest absolute Gasteiger partial charge is 0.381 e. The molecule has 5 rings (SSSR count). The Morgan fingerprint density at radius 3 is 2.68 bits per heavy atom. The van der Waals surface area contributed by atoms with Crippen molar-refractivity contribution < 1.29 is 18.4 Å². The third kappa shape index (κ3) is 5.89. The van der Waals surface area contributed by atoms with Crippen LogP contribution in [0, 0.1) is 17.7 Å². The second-order valence-electron chi connectivity index (χ2n) is 10.3.